The van der Waals surface area contributed by atoms with Crippen LogP contribution in [0.25, 0.3) is 5.65 Å². The van der Waals surface area contributed by atoms with Gasteiger partial charge in [0.05, 0.1) is 11.5 Å². The summed E-state index contributed by atoms with van der Waals surface area (Å²) in [5.41, 5.74) is 0.584. The van der Waals surface area contributed by atoms with Gasteiger partial charge in [0.25, 0.3) is 0 Å². The summed E-state index contributed by atoms with van der Waals surface area (Å²) in [7, 11) is 0. The van der Waals surface area contributed by atoms with Gasteiger partial charge in [0.15, 0.2) is 5.65 Å². The number of pyridine rings is 1. The van der Waals surface area contributed by atoms with E-state index >= 15 is 0 Å². The highest BCUT2D eigenvalue weighted by molar-refractivity contribution is 5.79. The molecule has 0 radical (unpaired) electrons. The lowest BCUT2D eigenvalue weighted by atomic mass is 9.97. The van der Waals surface area contributed by atoms with Crippen LogP contribution in [0.1, 0.15) is 24.0 Å². The average Bonchev–Trinajstić information content (AvgIpc) is 3.15. The zero-order valence-electron chi connectivity index (χ0n) is 15.6. The lowest BCUT2D eigenvalue weighted by Gasteiger charge is -2.32. The number of anilines is 1. The van der Waals surface area contributed by atoms with Crippen molar-refractivity contribution in [2.24, 2.45) is 5.92 Å². The van der Waals surface area contributed by atoms with Crippen LogP contribution in [0.4, 0.5) is 19.1 Å². The molecule has 1 fully saturated rings. The Bertz CT molecular complexity index is 1000. The molecule has 4 rings (SSSR count). The molecule has 1 saturated heterocycles. The maximum Gasteiger partial charge on any atom is 0.417 e. The number of hydrogen-bond donors (Lipinski definition) is 1. The number of alkyl halides is 3. The summed E-state index contributed by atoms with van der Waals surface area (Å²) in [5.74, 6) is 0.000579. The lowest BCUT2D eigenvalue weighted by Crippen LogP contribution is -2.43. The number of nitrogens with one attached hydrogen (secondary N) is 1. The summed E-state index contributed by atoms with van der Waals surface area (Å²) < 4.78 is 40.5. The molecule has 1 aliphatic heterocycles. The van der Waals surface area contributed by atoms with Crippen LogP contribution >= 0.6 is 0 Å². The minimum absolute atomic E-state index is 0.0663. The van der Waals surface area contributed by atoms with Gasteiger partial charge in [-0.1, -0.05) is 30.3 Å². The fraction of sp³-hybridized carbons (Fsp3) is 0.350. The Labute approximate surface area is 165 Å². The molecule has 0 spiro atoms. The number of rotatable bonds is 4. The topological polar surface area (TPSA) is 62.5 Å². The summed E-state index contributed by atoms with van der Waals surface area (Å²) in [6.45, 7) is 1.44. The van der Waals surface area contributed by atoms with Gasteiger partial charge in [-0.15, -0.1) is 10.2 Å². The van der Waals surface area contributed by atoms with Crippen LogP contribution < -0.4 is 10.2 Å². The van der Waals surface area contributed by atoms with E-state index in [-0.39, 0.29) is 11.8 Å². The monoisotopic (exact) mass is 403 g/mol. The van der Waals surface area contributed by atoms with Crippen LogP contribution in [0.3, 0.4) is 0 Å². The Balaban J connectivity index is 1.49. The minimum Gasteiger partial charge on any atom is -0.352 e. The summed E-state index contributed by atoms with van der Waals surface area (Å²) in [4.78, 5) is 14.4. The minimum atomic E-state index is -4.45. The third-order valence-electron chi connectivity index (χ3n) is 5.10. The van der Waals surface area contributed by atoms with Crippen LogP contribution in [0.2, 0.25) is 0 Å². The van der Waals surface area contributed by atoms with Crippen LogP contribution in [-0.2, 0) is 17.5 Å². The van der Waals surface area contributed by atoms with Gasteiger partial charge >= 0.3 is 6.18 Å². The van der Waals surface area contributed by atoms with Crippen molar-refractivity contribution < 1.29 is 18.0 Å². The molecule has 3 aromatic rings. The average molecular weight is 403 g/mol. The number of carbonyl (C=O) groups is 1. The smallest absolute Gasteiger partial charge is 0.352 e. The number of piperidine rings is 1. The summed E-state index contributed by atoms with van der Waals surface area (Å²) in [5, 5.41) is 11.0. The van der Waals surface area contributed by atoms with Crippen molar-refractivity contribution in [3.8, 4) is 0 Å². The Morgan fingerprint density at radius 2 is 1.93 bits per heavy atom. The highest BCUT2D eigenvalue weighted by atomic mass is 19.4. The molecule has 0 saturated carbocycles. The van der Waals surface area contributed by atoms with Gasteiger partial charge in [0, 0.05) is 25.8 Å². The number of halogens is 3. The number of aromatic nitrogens is 3. The predicted molar refractivity (Wildman–Crippen MR) is 101 cm³/mol. The SMILES string of the molecule is O=C(NCc1ccccc1)[C@H]1CCCN(c2nnc3ccc(C(F)(F)F)cn23)C1. The van der Waals surface area contributed by atoms with Crippen molar-refractivity contribution in [3.63, 3.8) is 0 Å². The van der Waals surface area contributed by atoms with E-state index in [0.29, 0.717) is 31.2 Å². The van der Waals surface area contributed by atoms with Gasteiger partial charge in [-0.3, -0.25) is 9.20 Å². The number of benzene rings is 1. The molecule has 0 bridgehead atoms. The first-order chi connectivity index (χ1) is 13.9. The van der Waals surface area contributed by atoms with Gasteiger partial charge < -0.3 is 10.2 Å². The van der Waals surface area contributed by atoms with Crippen molar-refractivity contribution in [1.82, 2.24) is 19.9 Å². The van der Waals surface area contributed by atoms with E-state index < -0.39 is 11.7 Å². The molecule has 2 aromatic heterocycles. The molecule has 1 atom stereocenters. The van der Waals surface area contributed by atoms with Crippen LogP contribution in [0.15, 0.2) is 48.7 Å². The maximum absolute atomic E-state index is 13.1. The normalized spacial score (nSPS) is 17.5. The first-order valence-electron chi connectivity index (χ1n) is 9.40. The number of amides is 1. The Morgan fingerprint density at radius 3 is 2.69 bits per heavy atom. The van der Waals surface area contributed by atoms with E-state index in [1.165, 1.54) is 10.5 Å². The first kappa shape index (κ1) is 19.2. The fourth-order valence-corrected chi connectivity index (χ4v) is 3.56. The molecule has 1 amide bonds. The molecule has 9 heteroatoms. The molecule has 1 N–H and O–H groups in total. The third-order valence-corrected chi connectivity index (χ3v) is 5.10. The number of nitrogens with zero attached hydrogens (tertiary/aromatic N) is 4. The summed E-state index contributed by atoms with van der Waals surface area (Å²) in [6, 6.07) is 11.9. The highest BCUT2D eigenvalue weighted by Crippen LogP contribution is 2.30. The van der Waals surface area contributed by atoms with Crippen molar-refractivity contribution in [2.75, 3.05) is 18.0 Å². The van der Waals surface area contributed by atoms with E-state index in [4.69, 9.17) is 0 Å². The molecular formula is C20H20F3N5O. The number of hydrogen-bond acceptors (Lipinski definition) is 4. The van der Waals surface area contributed by atoms with Crippen LogP contribution in [0.5, 0.6) is 0 Å². The molecule has 0 unspecified atom stereocenters. The van der Waals surface area contributed by atoms with Gasteiger partial charge in [-0.25, -0.2) is 0 Å². The van der Waals surface area contributed by atoms with Gasteiger partial charge in [0.1, 0.15) is 0 Å². The predicted octanol–water partition coefficient (Wildman–Crippen LogP) is 3.28. The number of carbonyl (C=O) groups excluding carboxylic acids is 1. The molecule has 29 heavy (non-hydrogen) atoms. The van der Waals surface area contributed by atoms with Crippen LogP contribution in [-0.4, -0.2) is 33.6 Å². The molecule has 152 valence electrons. The quantitative estimate of drug-likeness (QED) is 0.726. The maximum atomic E-state index is 13.1. The van der Waals surface area contributed by atoms with Crippen LogP contribution in [0, 0.1) is 5.92 Å². The first-order valence-corrected chi connectivity index (χ1v) is 9.40. The number of fused-ring (bicyclic) bond motifs is 1. The van der Waals surface area contributed by atoms with Gasteiger partial charge in [0.2, 0.25) is 11.9 Å². The zero-order chi connectivity index (χ0) is 20.4. The second-order valence-corrected chi connectivity index (χ2v) is 7.13. The lowest BCUT2D eigenvalue weighted by molar-refractivity contribution is -0.137. The summed E-state index contributed by atoms with van der Waals surface area (Å²) >= 11 is 0. The summed E-state index contributed by atoms with van der Waals surface area (Å²) in [6.07, 6.45) is -1.97. The van der Waals surface area contributed by atoms with Crippen molar-refractivity contribution in [2.45, 2.75) is 25.6 Å². The highest BCUT2D eigenvalue weighted by Gasteiger charge is 2.32. The fourth-order valence-electron chi connectivity index (χ4n) is 3.56. The van der Waals surface area contributed by atoms with Gasteiger partial charge in [-0.05, 0) is 30.5 Å². The second kappa shape index (κ2) is 7.73. The second-order valence-electron chi connectivity index (χ2n) is 7.13. The van der Waals surface area contributed by atoms with E-state index in [1.54, 1.807) is 0 Å². The van der Waals surface area contributed by atoms with E-state index in [2.05, 4.69) is 15.5 Å². The standard InChI is InChI=1S/C20H20F3N5O/c21-20(22,23)16-8-9-17-25-26-19(28(17)13-16)27-10-4-7-15(12-27)18(29)24-11-14-5-2-1-3-6-14/h1-3,5-6,8-9,13,15H,4,7,10-12H2,(H,24,29)/t15-/m0/s1. The zero-order valence-corrected chi connectivity index (χ0v) is 15.6. The largest absolute Gasteiger partial charge is 0.417 e. The Kier molecular flexibility index (Phi) is 5.12. The molecule has 0 aliphatic carbocycles. The molecule has 6 nitrogen and oxygen atoms in total. The third kappa shape index (κ3) is 4.18. The Hall–Kier alpha value is -3.10. The van der Waals surface area contributed by atoms with E-state index in [9.17, 15) is 18.0 Å². The van der Waals surface area contributed by atoms with Crippen molar-refractivity contribution >= 4 is 17.5 Å². The van der Waals surface area contributed by atoms with Gasteiger partial charge in [-0.2, -0.15) is 13.2 Å². The van der Waals surface area contributed by atoms with Crippen molar-refractivity contribution in [3.05, 3.63) is 59.8 Å². The molecule has 1 aliphatic rings. The molecular weight excluding hydrogens is 383 g/mol. The van der Waals surface area contributed by atoms with Crippen molar-refractivity contribution in [1.29, 1.82) is 0 Å². The van der Waals surface area contributed by atoms with E-state index in [0.717, 1.165) is 30.7 Å². The molecule has 3 heterocycles. The van der Waals surface area contributed by atoms with E-state index in [1.807, 2.05) is 35.2 Å². The Morgan fingerprint density at radius 1 is 1.14 bits per heavy atom. The molecule has 1 aromatic carbocycles.